The van der Waals surface area contributed by atoms with Crippen molar-refractivity contribution in [3.8, 4) is 5.69 Å². The molecule has 2 heterocycles. The van der Waals surface area contributed by atoms with Crippen LogP contribution in [0.3, 0.4) is 0 Å². The lowest BCUT2D eigenvalue weighted by molar-refractivity contribution is 0.0933. The van der Waals surface area contributed by atoms with Crippen LogP contribution in [0.15, 0.2) is 65.5 Å². The molecule has 6 nitrogen and oxygen atoms in total. The van der Waals surface area contributed by atoms with Crippen LogP contribution in [-0.2, 0) is 6.42 Å². The molecule has 1 unspecified atom stereocenters. The fourth-order valence-electron chi connectivity index (χ4n) is 4.60. The van der Waals surface area contributed by atoms with Gasteiger partial charge in [-0.05, 0) is 73.6 Å². The van der Waals surface area contributed by atoms with Gasteiger partial charge >= 0.3 is 0 Å². The summed E-state index contributed by atoms with van der Waals surface area (Å²) in [4.78, 5) is 27.4. The Bertz CT molecular complexity index is 1150. The summed E-state index contributed by atoms with van der Waals surface area (Å²) in [5.74, 6) is 0.717. The third-order valence-corrected chi connectivity index (χ3v) is 6.27. The molecule has 0 bridgehead atoms. The number of aryl methyl sites for hydroxylation is 1. The van der Waals surface area contributed by atoms with Gasteiger partial charge in [-0.1, -0.05) is 24.3 Å². The lowest BCUT2D eigenvalue weighted by atomic mass is 9.87. The van der Waals surface area contributed by atoms with Crippen LogP contribution in [-0.4, -0.2) is 28.8 Å². The normalized spacial score (nSPS) is 17.9. The highest BCUT2D eigenvalue weighted by Crippen LogP contribution is 2.29. The molecule has 0 saturated carbocycles. The zero-order valence-corrected chi connectivity index (χ0v) is 17.5. The molecule has 1 aromatic heterocycles. The largest absolute Gasteiger partial charge is 0.355 e. The number of hydrogen-bond donors (Lipinski definition) is 1. The molecule has 1 N–H and O–H groups in total. The lowest BCUT2D eigenvalue weighted by Gasteiger charge is -2.26. The number of amides is 1. The first-order chi connectivity index (χ1) is 15.2. The van der Waals surface area contributed by atoms with Gasteiger partial charge in [0.2, 0.25) is 0 Å². The average molecular weight is 415 g/mol. The van der Waals surface area contributed by atoms with Crippen molar-refractivity contribution in [1.82, 2.24) is 15.1 Å². The van der Waals surface area contributed by atoms with Crippen LogP contribution in [0.1, 0.15) is 53.2 Å². The van der Waals surface area contributed by atoms with Gasteiger partial charge in [-0.3, -0.25) is 9.59 Å². The van der Waals surface area contributed by atoms with Crippen molar-refractivity contribution in [2.45, 2.75) is 38.1 Å². The predicted octanol–water partition coefficient (Wildman–Crippen LogP) is 3.64. The molecule has 2 aromatic carbocycles. The van der Waals surface area contributed by atoms with E-state index in [1.54, 1.807) is 36.4 Å². The first-order valence-electron chi connectivity index (χ1n) is 11.0. The summed E-state index contributed by atoms with van der Waals surface area (Å²) in [6.07, 6.45) is 5.38. The molecule has 158 valence electrons. The second kappa shape index (κ2) is 8.38. The molecule has 1 fully saturated rings. The topological polar surface area (TPSA) is 67.2 Å². The minimum atomic E-state index is -0.182. The number of aromatic nitrogens is 2. The number of fused-ring (bicyclic) bond motifs is 1. The molecular weight excluding hydrogens is 388 g/mol. The van der Waals surface area contributed by atoms with Crippen LogP contribution < -0.4 is 15.8 Å². The van der Waals surface area contributed by atoms with Gasteiger partial charge in [0.05, 0.1) is 11.7 Å². The molecule has 1 saturated heterocycles. The number of rotatable bonds is 4. The quantitative estimate of drug-likeness (QED) is 0.708. The molecule has 1 amide bonds. The lowest BCUT2D eigenvalue weighted by Crippen LogP contribution is -2.31. The minimum Gasteiger partial charge on any atom is -0.355 e. The summed E-state index contributed by atoms with van der Waals surface area (Å²) in [7, 11) is 0. The first kappa shape index (κ1) is 19.5. The number of carbonyl (C=O) groups is 1. The maximum absolute atomic E-state index is 12.9. The van der Waals surface area contributed by atoms with E-state index in [1.165, 1.54) is 15.8 Å². The van der Waals surface area contributed by atoms with E-state index in [1.807, 2.05) is 6.07 Å². The predicted molar refractivity (Wildman–Crippen MR) is 121 cm³/mol. The summed E-state index contributed by atoms with van der Waals surface area (Å²) in [5.41, 5.74) is 3.59. The Morgan fingerprint density at radius 2 is 1.71 bits per heavy atom. The SMILES string of the molecule is O=C(NC1CCCc2ccccc21)c1ccc(-n2nc(N3CCCC3)ccc2=O)cc1. The third kappa shape index (κ3) is 3.98. The Labute approximate surface area is 181 Å². The van der Waals surface area contributed by atoms with Crippen molar-refractivity contribution in [2.75, 3.05) is 18.0 Å². The Balaban J connectivity index is 1.34. The van der Waals surface area contributed by atoms with Crippen molar-refractivity contribution in [1.29, 1.82) is 0 Å². The molecule has 6 heteroatoms. The van der Waals surface area contributed by atoms with E-state index < -0.39 is 0 Å². The molecule has 1 aliphatic carbocycles. The van der Waals surface area contributed by atoms with E-state index in [9.17, 15) is 9.59 Å². The molecular formula is C25H26N4O2. The third-order valence-electron chi connectivity index (χ3n) is 6.27. The van der Waals surface area contributed by atoms with Crippen molar-refractivity contribution in [3.05, 3.63) is 87.7 Å². The van der Waals surface area contributed by atoms with E-state index in [-0.39, 0.29) is 17.5 Å². The van der Waals surface area contributed by atoms with Gasteiger partial charge in [0, 0.05) is 24.7 Å². The number of nitrogens with zero attached hydrogens (tertiary/aromatic N) is 3. The molecule has 0 radical (unpaired) electrons. The van der Waals surface area contributed by atoms with Crippen molar-refractivity contribution < 1.29 is 4.79 Å². The smallest absolute Gasteiger partial charge is 0.271 e. The van der Waals surface area contributed by atoms with Gasteiger partial charge in [-0.25, -0.2) is 0 Å². The Morgan fingerprint density at radius 3 is 2.52 bits per heavy atom. The van der Waals surface area contributed by atoms with Gasteiger partial charge in [-0.2, -0.15) is 4.68 Å². The van der Waals surface area contributed by atoms with Crippen molar-refractivity contribution in [3.63, 3.8) is 0 Å². The van der Waals surface area contributed by atoms with Gasteiger partial charge in [0.1, 0.15) is 5.82 Å². The highest BCUT2D eigenvalue weighted by Gasteiger charge is 2.22. The molecule has 1 aliphatic heterocycles. The number of hydrogen-bond acceptors (Lipinski definition) is 4. The molecule has 3 aromatic rings. The van der Waals surface area contributed by atoms with Crippen molar-refractivity contribution >= 4 is 11.7 Å². The monoisotopic (exact) mass is 414 g/mol. The summed E-state index contributed by atoms with van der Waals surface area (Å²) in [6, 6.07) is 18.8. The molecule has 5 rings (SSSR count). The zero-order valence-electron chi connectivity index (χ0n) is 17.5. The Kier molecular flexibility index (Phi) is 5.28. The van der Waals surface area contributed by atoms with Gasteiger partial charge in [-0.15, -0.1) is 5.10 Å². The maximum atomic E-state index is 12.9. The summed E-state index contributed by atoms with van der Waals surface area (Å²) in [6.45, 7) is 1.93. The van der Waals surface area contributed by atoms with E-state index >= 15 is 0 Å². The maximum Gasteiger partial charge on any atom is 0.271 e. The van der Waals surface area contributed by atoms with Crippen LogP contribution in [0.5, 0.6) is 0 Å². The minimum absolute atomic E-state index is 0.0403. The summed E-state index contributed by atoms with van der Waals surface area (Å²) >= 11 is 0. The summed E-state index contributed by atoms with van der Waals surface area (Å²) < 4.78 is 1.41. The average Bonchev–Trinajstić information content (AvgIpc) is 3.35. The van der Waals surface area contributed by atoms with E-state index in [0.717, 1.165) is 51.0 Å². The van der Waals surface area contributed by atoms with E-state index in [0.29, 0.717) is 11.3 Å². The van der Waals surface area contributed by atoms with E-state index in [4.69, 9.17) is 0 Å². The Morgan fingerprint density at radius 1 is 0.935 bits per heavy atom. The van der Waals surface area contributed by atoms with Gasteiger partial charge < -0.3 is 10.2 Å². The van der Waals surface area contributed by atoms with Crippen LogP contribution in [0.2, 0.25) is 0 Å². The molecule has 1 atom stereocenters. The molecule has 31 heavy (non-hydrogen) atoms. The zero-order chi connectivity index (χ0) is 21.2. The fraction of sp³-hybridized carbons (Fsp3) is 0.320. The van der Waals surface area contributed by atoms with Gasteiger partial charge in [0.25, 0.3) is 11.5 Å². The number of benzene rings is 2. The fourth-order valence-corrected chi connectivity index (χ4v) is 4.60. The van der Waals surface area contributed by atoms with E-state index in [2.05, 4.69) is 33.5 Å². The van der Waals surface area contributed by atoms with Crippen LogP contribution in [0, 0.1) is 0 Å². The summed E-state index contributed by atoms with van der Waals surface area (Å²) in [5, 5.41) is 7.73. The second-order valence-electron chi connectivity index (χ2n) is 8.30. The molecule has 0 spiro atoms. The highest BCUT2D eigenvalue weighted by molar-refractivity contribution is 5.94. The standard InChI is InChI=1S/C25H26N4O2/c30-24-15-14-23(28-16-3-4-17-28)27-29(24)20-12-10-19(11-13-20)25(31)26-22-9-5-7-18-6-1-2-8-21(18)22/h1-2,6,8,10-15,22H,3-5,7,9,16-17H2,(H,26,31). The van der Waals surface area contributed by atoms with Crippen LogP contribution >= 0.6 is 0 Å². The first-order valence-corrected chi connectivity index (χ1v) is 11.0. The van der Waals surface area contributed by atoms with Gasteiger partial charge in [0.15, 0.2) is 0 Å². The van der Waals surface area contributed by atoms with Crippen molar-refractivity contribution in [2.24, 2.45) is 0 Å². The number of anilines is 1. The Hall–Kier alpha value is -3.41. The molecule has 2 aliphatic rings. The number of nitrogens with one attached hydrogen (secondary N) is 1. The second-order valence-corrected chi connectivity index (χ2v) is 8.30. The van der Waals surface area contributed by atoms with Crippen LogP contribution in [0.4, 0.5) is 5.82 Å². The highest BCUT2D eigenvalue weighted by atomic mass is 16.1. The van der Waals surface area contributed by atoms with Crippen LogP contribution in [0.25, 0.3) is 5.69 Å². The number of carbonyl (C=O) groups excluding carboxylic acids is 1.